The first-order chi connectivity index (χ1) is 9.47. The highest BCUT2D eigenvalue weighted by atomic mass is 16.4. The third-order valence-corrected chi connectivity index (χ3v) is 4.03. The summed E-state index contributed by atoms with van der Waals surface area (Å²) in [7, 11) is 0. The number of hydrogen-bond acceptors (Lipinski definition) is 3. The zero-order valence-corrected chi connectivity index (χ0v) is 11.5. The van der Waals surface area contributed by atoms with Gasteiger partial charge in [0.1, 0.15) is 6.54 Å². The predicted molar refractivity (Wildman–Crippen MR) is 70.9 cm³/mol. The third-order valence-electron chi connectivity index (χ3n) is 4.03. The maximum Gasteiger partial charge on any atom is 0.320 e. The van der Waals surface area contributed by atoms with Gasteiger partial charge in [0.05, 0.1) is 6.42 Å². The summed E-state index contributed by atoms with van der Waals surface area (Å²) in [5, 5.41) is 8.70. The first-order valence-corrected chi connectivity index (χ1v) is 7.03. The first-order valence-electron chi connectivity index (χ1n) is 7.03. The van der Waals surface area contributed by atoms with Gasteiger partial charge in [-0.2, -0.15) is 0 Å². The van der Waals surface area contributed by atoms with Crippen LogP contribution in [0, 0.1) is 5.92 Å². The Labute approximate surface area is 117 Å². The molecule has 2 rings (SSSR count). The summed E-state index contributed by atoms with van der Waals surface area (Å²) < 4.78 is 0. The molecular weight excluding hydrogens is 262 g/mol. The highest BCUT2D eigenvalue weighted by molar-refractivity contribution is 5.83. The van der Waals surface area contributed by atoms with Crippen LogP contribution in [0.3, 0.4) is 0 Å². The molecule has 1 aliphatic carbocycles. The van der Waals surface area contributed by atoms with Crippen molar-refractivity contribution in [1.29, 1.82) is 0 Å². The molecule has 112 valence electrons. The molecule has 0 aromatic carbocycles. The Kier molecular flexibility index (Phi) is 4.46. The van der Waals surface area contributed by atoms with Gasteiger partial charge in [0.2, 0.25) is 5.91 Å². The maximum absolute atomic E-state index is 12.4. The molecule has 0 atom stereocenters. The number of carbonyl (C=O) groups excluding carboxylic acids is 2. The summed E-state index contributed by atoms with van der Waals surface area (Å²) in [4.78, 5) is 37.3. The Balaban J connectivity index is 1.90. The van der Waals surface area contributed by atoms with E-state index in [1.807, 2.05) is 0 Å². The standard InChI is InChI=1S/C13H21N3O4/c14-11(17)8-16(10-3-1-2-4-10)13(20)15-6-9(7-15)5-12(18)19/h9-10H,1-8H2,(H2,14,17)(H,18,19). The molecule has 2 fully saturated rings. The van der Waals surface area contributed by atoms with Gasteiger partial charge < -0.3 is 20.6 Å². The second kappa shape index (κ2) is 6.11. The monoisotopic (exact) mass is 283 g/mol. The zero-order chi connectivity index (χ0) is 14.7. The van der Waals surface area contributed by atoms with Gasteiger partial charge in [-0.1, -0.05) is 12.8 Å². The molecule has 7 nitrogen and oxygen atoms in total. The van der Waals surface area contributed by atoms with E-state index in [0.29, 0.717) is 13.1 Å². The fraction of sp³-hybridized carbons (Fsp3) is 0.769. The van der Waals surface area contributed by atoms with Crippen LogP contribution in [-0.2, 0) is 9.59 Å². The fourth-order valence-electron chi connectivity index (χ4n) is 3.02. The van der Waals surface area contributed by atoms with E-state index in [9.17, 15) is 14.4 Å². The number of carbonyl (C=O) groups is 3. The van der Waals surface area contributed by atoms with Crippen LogP contribution in [0.15, 0.2) is 0 Å². The van der Waals surface area contributed by atoms with Crippen LogP contribution >= 0.6 is 0 Å². The topological polar surface area (TPSA) is 104 Å². The van der Waals surface area contributed by atoms with Crippen LogP contribution in [-0.4, -0.2) is 58.5 Å². The van der Waals surface area contributed by atoms with Crippen molar-refractivity contribution in [2.45, 2.75) is 38.1 Å². The SMILES string of the molecule is NC(=O)CN(C(=O)N1CC(CC(=O)O)C1)C1CCCC1. The van der Waals surface area contributed by atoms with Gasteiger partial charge in [-0.3, -0.25) is 9.59 Å². The second-order valence-electron chi connectivity index (χ2n) is 5.68. The molecule has 1 saturated heterocycles. The largest absolute Gasteiger partial charge is 0.481 e. The van der Waals surface area contributed by atoms with E-state index < -0.39 is 11.9 Å². The van der Waals surface area contributed by atoms with Gasteiger partial charge in [0.15, 0.2) is 0 Å². The Hall–Kier alpha value is -1.79. The van der Waals surface area contributed by atoms with E-state index in [0.717, 1.165) is 25.7 Å². The minimum absolute atomic E-state index is 0.0236. The molecule has 3 amide bonds. The molecule has 0 unspecified atom stereocenters. The first kappa shape index (κ1) is 14.6. The van der Waals surface area contributed by atoms with Crippen molar-refractivity contribution < 1.29 is 19.5 Å². The van der Waals surface area contributed by atoms with E-state index in [4.69, 9.17) is 10.8 Å². The smallest absolute Gasteiger partial charge is 0.320 e. The van der Waals surface area contributed by atoms with Gasteiger partial charge in [-0.05, 0) is 12.8 Å². The number of urea groups is 1. The van der Waals surface area contributed by atoms with Gasteiger partial charge in [0, 0.05) is 25.0 Å². The second-order valence-corrected chi connectivity index (χ2v) is 5.68. The van der Waals surface area contributed by atoms with Crippen molar-refractivity contribution in [3.63, 3.8) is 0 Å². The number of likely N-dealkylation sites (tertiary alicyclic amines) is 1. The highest BCUT2D eigenvalue weighted by Crippen LogP contribution is 2.27. The Morgan fingerprint density at radius 3 is 2.30 bits per heavy atom. The summed E-state index contributed by atoms with van der Waals surface area (Å²) in [5.41, 5.74) is 5.22. The summed E-state index contributed by atoms with van der Waals surface area (Å²) in [6, 6.07) is -0.0918. The minimum atomic E-state index is -0.841. The molecule has 3 N–H and O–H groups in total. The van der Waals surface area contributed by atoms with Gasteiger partial charge in [-0.15, -0.1) is 0 Å². The summed E-state index contributed by atoms with van der Waals surface area (Å²) in [6.45, 7) is 0.851. The number of carboxylic acids is 1. The van der Waals surface area contributed by atoms with Crippen molar-refractivity contribution in [1.82, 2.24) is 9.80 Å². The highest BCUT2D eigenvalue weighted by Gasteiger charge is 2.37. The summed E-state index contributed by atoms with van der Waals surface area (Å²) in [5.74, 6) is -1.32. The number of aliphatic carboxylic acids is 1. The Morgan fingerprint density at radius 2 is 1.80 bits per heavy atom. The number of primary amides is 1. The number of hydrogen-bond donors (Lipinski definition) is 2. The number of amides is 3. The lowest BCUT2D eigenvalue weighted by atomic mass is 9.97. The summed E-state index contributed by atoms with van der Waals surface area (Å²) >= 11 is 0. The average Bonchev–Trinajstić information content (AvgIpc) is 2.82. The van der Waals surface area contributed by atoms with E-state index in [-0.39, 0.29) is 31.0 Å². The average molecular weight is 283 g/mol. The van der Waals surface area contributed by atoms with Crippen molar-refractivity contribution in [3.05, 3.63) is 0 Å². The van der Waals surface area contributed by atoms with Crippen molar-refractivity contribution in [3.8, 4) is 0 Å². The van der Waals surface area contributed by atoms with Crippen molar-refractivity contribution >= 4 is 17.9 Å². The van der Waals surface area contributed by atoms with Crippen LogP contribution in [0.4, 0.5) is 4.79 Å². The quantitative estimate of drug-likeness (QED) is 0.754. The van der Waals surface area contributed by atoms with Crippen LogP contribution < -0.4 is 5.73 Å². The fourth-order valence-corrected chi connectivity index (χ4v) is 3.02. The maximum atomic E-state index is 12.4. The molecule has 2 aliphatic rings. The summed E-state index contributed by atoms with van der Waals surface area (Å²) in [6.07, 6.45) is 4.03. The van der Waals surface area contributed by atoms with Crippen LogP contribution in [0.25, 0.3) is 0 Å². The van der Waals surface area contributed by atoms with E-state index in [2.05, 4.69) is 0 Å². The number of nitrogens with two attached hydrogens (primary N) is 1. The Morgan fingerprint density at radius 1 is 1.20 bits per heavy atom. The Bertz CT molecular complexity index is 400. The molecule has 7 heteroatoms. The molecule has 1 saturated carbocycles. The number of rotatable bonds is 5. The van der Waals surface area contributed by atoms with Gasteiger partial charge in [0.25, 0.3) is 0 Å². The number of carboxylic acid groups (broad SMARTS) is 1. The normalized spacial score (nSPS) is 19.7. The van der Waals surface area contributed by atoms with E-state index in [1.165, 1.54) is 0 Å². The van der Waals surface area contributed by atoms with Crippen LogP contribution in [0.1, 0.15) is 32.1 Å². The lowest BCUT2D eigenvalue weighted by Crippen LogP contribution is -2.58. The molecule has 1 aliphatic heterocycles. The number of nitrogens with zero attached hydrogens (tertiary/aromatic N) is 2. The molecule has 20 heavy (non-hydrogen) atoms. The van der Waals surface area contributed by atoms with Gasteiger partial charge >= 0.3 is 12.0 Å². The van der Waals surface area contributed by atoms with Crippen LogP contribution in [0.5, 0.6) is 0 Å². The molecule has 0 aromatic heterocycles. The van der Waals surface area contributed by atoms with Gasteiger partial charge in [-0.25, -0.2) is 4.79 Å². The molecule has 0 aromatic rings. The molecule has 1 heterocycles. The third kappa shape index (κ3) is 3.40. The van der Waals surface area contributed by atoms with Crippen molar-refractivity contribution in [2.75, 3.05) is 19.6 Å². The molecule has 0 radical (unpaired) electrons. The minimum Gasteiger partial charge on any atom is -0.481 e. The lowest BCUT2D eigenvalue weighted by Gasteiger charge is -2.42. The van der Waals surface area contributed by atoms with E-state index >= 15 is 0 Å². The predicted octanol–water partition coefficient (Wildman–Crippen LogP) is 0.243. The van der Waals surface area contributed by atoms with Crippen molar-refractivity contribution in [2.24, 2.45) is 11.7 Å². The zero-order valence-electron chi connectivity index (χ0n) is 11.5. The van der Waals surface area contributed by atoms with Crippen LogP contribution in [0.2, 0.25) is 0 Å². The lowest BCUT2D eigenvalue weighted by molar-refractivity contribution is -0.139. The van der Waals surface area contributed by atoms with E-state index in [1.54, 1.807) is 9.80 Å². The molecule has 0 bridgehead atoms. The molecule has 0 spiro atoms. The molecular formula is C13H21N3O4.